The Labute approximate surface area is 117 Å². The predicted molar refractivity (Wildman–Crippen MR) is 78.9 cm³/mol. The zero-order valence-corrected chi connectivity index (χ0v) is 12.8. The lowest BCUT2D eigenvalue weighted by molar-refractivity contribution is 0.0560. The zero-order chi connectivity index (χ0) is 14.0. The molecule has 2 rings (SSSR count). The monoisotopic (exact) mass is 264 g/mol. The molecule has 0 saturated heterocycles. The van der Waals surface area contributed by atoms with E-state index in [-0.39, 0.29) is 11.6 Å². The lowest BCUT2D eigenvalue weighted by Gasteiger charge is -2.48. The van der Waals surface area contributed by atoms with Gasteiger partial charge in [-0.25, -0.2) is 4.98 Å². The fourth-order valence-electron chi connectivity index (χ4n) is 3.39. The van der Waals surface area contributed by atoms with Gasteiger partial charge < -0.3 is 15.2 Å². The summed E-state index contributed by atoms with van der Waals surface area (Å²) in [5.41, 5.74) is 6.73. The van der Waals surface area contributed by atoms with E-state index in [4.69, 9.17) is 5.73 Å². The Morgan fingerprint density at radius 2 is 2.11 bits per heavy atom. The second-order valence-electron chi connectivity index (χ2n) is 6.45. The first kappa shape index (κ1) is 14.5. The summed E-state index contributed by atoms with van der Waals surface area (Å²) in [5, 5.41) is 0. The second kappa shape index (κ2) is 5.63. The van der Waals surface area contributed by atoms with Crippen LogP contribution >= 0.6 is 0 Å². The van der Waals surface area contributed by atoms with Gasteiger partial charge in [-0.05, 0) is 45.7 Å². The van der Waals surface area contributed by atoms with Gasteiger partial charge in [0.05, 0.1) is 0 Å². The maximum atomic E-state index is 6.59. The molecule has 4 heteroatoms. The Kier molecular flexibility index (Phi) is 4.31. The van der Waals surface area contributed by atoms with Crippen LogP contribution in [-0.4, -0.2) is 40.1 Å². The summed E-state index contributed by atoms with van der Waals surface area (Å²) in [6.07, 6.45) is 9.68. The molecular formula is C15H28N4. The first-order chi connectivity index (χ1) is 8.95. The van der Waals surface area contributed by atoms with Crippen molar-refractivity contribution in [3.05, 3.63) is 18.2 Å². The van der Waals surface area contributed by atoms with Crippen molar-refractivity contribution in [2.45, 2.75) is 50.6 Å². The van der Waals surface area contributed by atoms with Crippen molar-refractivity contribution in [2.24, 2.45) is 18.7 Å². The molecule has 19 heavy (non-hydrogen) atoms. The van der Waals surface area contributed by atoms with Gasteiger partial charge in [0.1, 0.15) is 5.82 Å². The number of hydrogen-bond acceptors (Lipinski definition) is 3. The van der Waals surface area contributed by atoms with Crippen molar-refractivity contribution < 1.29 is 0 Å². The molecule has 1 heterocycles. The van der Waals surface area contributed by atoms with Crippen LogP contribution in [0.3, 0.4) is 0 Å². The SMILES string of the molecule is CC1CCC(C(N)Cc2nccn2C)(N(C)C)CC1. The summed E-state index contributed by atoms with van der Waals surface area (Å²) in [6.45, 7) is 2.35. The molecule has 1 fully saturated rings. The quantitative estimate of drug-likeness (QED) is 0.902. The van der Waals surface area contributed by atoms with Gasteiger partial charge in [-0.3, -0.25) is 0 Å². The summed E-state index contributed by atoms with van der Waals surface area (Å²) in [5.74, 6) is 1.93. The molecule has 108 valence electrons. The molecule has 1 atom stereocenters. The molecule has 0 amide bonds. The lowest BCUT2D eigenvalue weighted by atomic mass is 9.71. The van der Waals surface area contributed by atoms with Crippen molar-refractivity contribution in [3.63, 3.8) is 0 Å². The van der Waals surface area contributed by atoms with Crippen molar-refractivity contribution >= 4 is 0 Å². The van der Waals surface area contributed by atoms with Crippen LogP contribution in [0.4, 0.5) is 0 Å². The zero-order valence-electron chi connectivity index (χ0n) is 12.8. The number of likely N-dealkylation sites (N-methyl/N-ethyl adjacent to an activating group) is 1. The summed E-state index contributed by atoms with van der Waals surface area (Å²) >= 11 is 0. The van der Waals surface area contributed by atoms with Crippen LogP contribution in [0.1, 0.15) is 38.4 Å². The van der Waals surface area contributed by atoms with Crippen LogP contribution in [0.15, 0.2) is 12.4 Å². The molecule has 0 aromatic carbocycles. The van der Waals surface area contributed by atoms with E-state index in [9.17, 15) is 0 Å². The maximum Gasteiger partial charge on any atom is 0.109 e. The molecule has 0 aliphatic heterocycles. The Bertz CT molecular complexity index is 402. The highest BCUT2D eigenvalue weighted by atomic mass is 15.2. The third-order valence-electron chi connectivity index (χ3n) is 5.04. The van der Waals surface area contributed by atoms with E-state index < -0.39 is 0 Å². The van der Waals surface area contributed by atoms with Crippen molar-refractivity contribution in [1.29, 1.82) is 0 Å². The van der Waals surface area contributed by atoms with Gasteiger partial charge in [0.25, 0.3) is 0 Å². The molecule has 4 nitrogen and oxygen atoms in total. The predicted octanol–water partition coefficient (Wildman–Crippen LogP) is 1.80. The highest BCUT2D eigenvalue weighted by molar-refractivity contribution is 5.05. The van der Waals surface area contributed by atoms with Gasteiger partial charge in [0.2, 0.25) is 0 Å². The van der Waals surface area contributed by atoms with Crippen LogP contribution in [0, 0.1) is 5.92 Å². The number of nitrogens with two attached hydrogens (primary N) is 1. The van der Waals surface area contributed by atoms with E-state index in [0.717, 1.165) is 18.2 Å². The summed E-state index contributed by atoms with van der Waals surface area (Å²) in [7, 11) is 6.39. The maximum absolute atomic E-state index is 6.59. The summed E-state index contributed by atoms with van der Waals surface area (Å²) < 4.78 is 2.08. The van der Waals surface area contributed by atoms with Crippen LogP contribution in [0.25, 0.3) is 0 Å². The summed E-state index contributed by atoms with van der Waals surface area (Å²) in [4.78, 5) is 6.77. The molecule has 1 saturated carbocycles. The highest BCUT2D eigenvalue weighted by Crippen LogP contribution is 2.37. The summed E-state index contributed by atoms with van der Waals surface area (Å²) in [6, 6.07) is 0.149. The molecule has 1 unspecified atom stereocenters. The number of hydrogen-bond donors (Lipinski definition) is 1. The van der Waals surface area contributed by atoms with E-state index in [1.807, 2.05) is 19.4 Å². The third-order valence-corrected chi connectivity index (χ3v) is 5.04. The van der Waals surface area contributed by atoms with Gasteiger partial charge in [-0.15, -0.1) is 0 Å². The topological polar surface area (TPSA) is 47.1 Å². The highest BCUT2D eigenvalue weighted by Gasteiger charge is 2.41. The molecule has 2 N–H and O–H groups in total. The molecule has 0 bridgehead atoms. The van der Waals surface area contributed by atoms with Crippen LogP contribution in [0.2, 0.25) is 0 Å². The van der Waals surface area contributed by atoms with Crippen molar-refractivity contribution in [1.82, 2.24) is 14.5 Å². The number of aromatic nitrogens is 2. The van der Waals surface area contributed by atoms with Crippen LogP contribution < -0.4 is 5.73 Å². The Morgan fingerprint density at radius 1 is 1.47 bits per heavy atom. The third kappa shape index (κ3) is 2.84. The average Bonchev–Trinajstić information content (AvgIpc) is 2.76. The Hall–Kier alpha value is -0.870. The minimum Gasteiger partial charge on any atom is -0.338 e. The standard InChI is InChI=1S/C15H28N4/c1-12-5-7-15(8-6-12,18(2)3)13(16)11-14-17-9-10-19(14)4/h9-10,12-13H,5-8,11,16H2,1-4H3. The second-order valence-corrected chi connectivity index (χ2v) is 6.45. The average molecular weight is 264 g/mol. The minimum absolute atomic E-state index is 0.137. The molecular weight excluding hydrogens is 236 g/mol. The number of imidazole rings is 1. The fourth-order valence-corrected chi connectivity index (χ4v) is 3.39. The van der Waals surface area contributed by atoms with Gasteiger partial charge in [-0.2, -0.15) is 0 Å². The van der Waals surface area contributed by atoms with Gasteiger partial charge in [-0.1, -0.05) is 6.92 Å². The van der Waals surface area contributed by atoms with Crippen molar-refractivity contribution in [2.75, 3.05) is 14.1 Å². The van der Waals surface area contributed by atoms with Crippen LogP contribution in [-0.2, 0) is 13.5 Å². The van der Waals surface area contributed by atoms with Gasteiger partial charge in [0, 0.05) is 37.4 Å². The van der Waals surface area contributed by atoms with E-state index >= 15 is 0 Å². The number of aryl methyl sites for hydroxylation is 1. The normalized spacial score (nSPS) is 29.7. The first-order valence-electron chi connectivity index (χ1n) is 7.35. The minimum atomic E-state index is 0.137. The Morgan fingerprint density at radius 3 is 2.58 bits per heavy atom. The molecule has 0 radical (unpaired) electrons. The van der Waals surface area contributed by atoms with Crippen LogP contribution in [0.5, 0.6) is 0 Å². The lowest BCUT2D eigenvalue weighted by Crippen LogP contribution is -2.59. The van der Waals surface area contributed by atoms with E-state index in [1.54, 1.807) is 0 Å². The van der Waals surface area contributed by atoms with Gasteiger partial charge in [0.15, 0.2) is 0 Å². The molecule has 1 aliphatic carbocycles. The molecule has 1 aromatic rings. The molecule has 0 spiro atoms. The van der Waals surface area contributed by atoms with E-state index in [2.05, 4.69) is 35.5 Å². The number of rotatable bonds is 4. The van der Waals surface area contributed by atoms with E-state index in [1.165, 1.54) is 25.7 Å². The fraction of sp³-hybridized carbons (Fsp3) is 0.800. The van der Waals surface area contributed by atoms with E-state index in [0.29, 0.717) is 0 Å². The molecule has 1 aliphatic rings. The molecule has 1 aromatic heterocycles. The largest absolute Gasteiger partial charge is 0.338 e. The Balaban J connectivity index is 2.13. The first-order valence-corrected chi connectivity index (χ1v) is 7.35. The van der Waals surface area contributed by atoms with Crippen molar-refractivity contribution in [3.8, 4) is 0 Å². The number of nitrogens with zero attached hydrogens (tertiary/aromatic N) is 3. The smallest absolute Gasteiger partial charge is 0.109 e. The van der Waals surface area contributed by atoms with Gasteiger partial charge >= 0.3 is 0 Å².